The van der Waals surface area contributed by atoms with Crippen molar-refractivity contribution in [3.63, 3.8) is 0 Å². The van der Waals surface area contributed by atoms with Gasteiger partial charge in [-0.25, -0.2) is 3.98 Å². The van der Waals surface area contributed by atoms with Crippen molar-refractivity contribution < 1.29 is 0 Å². The lowest BCUT2D eigenvalue weighted by atomic mass is 9.81. The molecule has 0 spiro atoms. The summed E-state index contributed by atoms with van der Waals surface area (Å²) in [5.74, 6) is 0. The minimum absolute atomic E-state index is 0.330. The number of aromatic nitrogens is 2. The van der Waals surface area contributed by atoms with Crippen molar-refractivity contribution in [3.05, 3.63) is 0 Å². The summed E-state index contributed by atoms with van der Waals surface area (Å²) in [6, 6.07) is 2.09. The Kier molecular flexibility index (Phi) is 6.64. The zero-order chi connectivity index (χ0) is 17.4. The summed E-state index contributed by atoms with van der Waals surface area (Å²) in [5, 5.41) is 0. The highest BCUT2D eigenvalue weighted by Gasteiger charge is 2.45. The summed E-state index contributed by atoms with van der Waals surface area (Å²) in [4.78, 5) is 5.29. The average Bonchev–Trinajstić information content (AvgIpc) is 3.04. The molecule has 0 atom stereocenters. The van der Waals surface area contributed by atoms with Crippen LogP contribution in [0.25, 0.3) is 0 Å². The quantitative estimate of drug-likeness (QED) is 0.660. The number of nitrogens with zero attached hydrogens (tertiary/aromatic N) is 4. The zero-order valence-corrected chi connectivity index (χ0v) is 18.4. The fourth-order valence-electron chi connectivity index (χ4n) is 3.26. The molecule has 0 saturated carbocycles. The summed E-state index contributed by atoms with van der Waals surface area (Å²) in [6.07, 6.45) is 0. The Hall–Kier alpha value is 0.0218. The number of rotatable bonds is 8. The van der Waals surface area contributed by atoms with Crippen LogP contribution in [-0.4, -0.2) is 56.9 Å². The molecular weight excluding hydrogens is 307 g/mol. The second kappa shape index (κ2) is 7.28. The molecule has 130 valence electrons. The molecule has 1 aromatic heterocycles. The predicted octanol–water partition coefficient (Wildman–Crippen LogP) is 4.10. The molecule has 0 unspecified atom stereocenters. The van der Waals surface area contributed by atoms with E-state index in [1.54, 1.807) is 0 Å². The molecule has 0 aliphatic carbocycles. The molecule has 1 heterocycles. The maximum Gasteiger partial charge on any atom is 0.470 e. The summed E-state index contributed by atoms with van der Waals surface area (Å²) < 4.78 is 5.07. The van der Waals surface area contributed by atoms with Gasteiger partial charge in [0.25, 0.3) is 0 Å². The Morgan fingerprint density at radius 1 is 0.727 bits per heavy atom. The molecule has 1 rings (SSSR count). The molecule has 0 amide bonds. The summed E-state index contributed by atoms with van der Waals surface area (Å²) in [7, 11) is -0.981. The lowest BCUT2D eigenvalue weighted by Gasteiger charge is -2.43. The van der Waals surface area contributed by atoms with E-state index in [-0.39, 0.29) is 0 Å². The molecule has 0 aliphatic heterocycles. The molecule has 0 saturated heterocycles. The number of hydrogen-bond donors (Lipinski definition) is 0. The van der Waals surface area contributed by atoms with E-state index in [9.17, 15) is 0 Å². The molecular formula is C15H37BN4SSi. The van der Waals surface area contributed by atoms with Crippen molar-refractivity contribution >= 4 is 27.1 Å². The lowest BCUT2D eigenvalue weighted by molar-refractivity contribution is 0.216. The van der Waals surface area contributed by atoms with Gasteiger partial charge in [-0.15, -0.1) is 0 Å². The van der Waals surface area contributed by atoms with Crippen LogP contribution in [0.2, 0.25) is 19.6 Å². The van der Waals surface area contributed by atoms with Gasteiger partial charge in [0.05, 0.1) is 0 Å². The molecule has 0 aromatic carbocycles. The minimum Gasteiger partial charge on any atom is -0.302 e. The maximum absolute atomic E-state index is 2.65. The van der Waals surface area contributed by atoms with E-state index in [2.05, 4.69) is 92.4 Å². The first-order valence-electron chi connectivity index (χ1n) is 8.71. The van der Waals surface area contributed by atoms with Gasteiger partial charge in [-0.2, -0.15) is 0 Å². The second-order valence-electron chi connectivity index (χ2n) is 8.44. The topological polar surface area (TPSA) is 16.3 Å². The van der Waals surface area contributed by atoms with E-state index >= 15 is 0 Å². The molecule has 4 nitrogen and oxygen atoms in total. The van der Waals surface area contributed by atoms with Crippen LogP contribution >= 0.6 is 11.7 Å². The third-order valence-corrected chi connectivity index (χ3v) is 8.11. The van der Waals surface area contributed by atoms with Crippen LogP contribution in [0.3, 0.4) is 0 Å². The van der Waals surface area contributed by atoms with Crippen LogP contribution in [0.15, 0.2) is 0 Å². The van der Waals surface area contributed by atoms with Gasteiger partial charge in [-0.3, -0.25) is 3.74 Å². The minimum atomic E-state index is -1.31. The summed E-state index contributed by atoms with van der Waals surface area (Å²) in [5.41, 5.74) is 0. The van der Waals surface area contributed by atoms with Crippen molar-refractivity contribution in [1.29, 1.82) is 0 Å². The van der Waals surface area contributed by atoms with Gasteiger partial charge in [-0.05, 0) is 43.8 Å². The maximum atomic E-state index is 2.65. The van der Waals surface area contributed by atoms with Gasteiger partial charge < -0.3 is 9.62 Å². The monoisotopic (exact) mass is 344 g/mol. The summed E-state index contributed by atoms with van der Waals surface area (Å²) >= 11 is 1.92. The van der Waals surface area contributed by atoms with Crippen LogP contribution in [0.5, 0.6) is 0 Å². The lowest BCUT2D eigenvalue weighted by Crippen LogP contribution is -2.64. The first kappa shape index (κ1) is 20.1. The van der Waals surface area contributed by atoms with Crippen LogP contribution in [0.1, 0.15) is 55.4 Å². The normalized spacial score (nSPS) is 13.9. The van der Waals surface area contributed by atoms with Crippen molar-refractivity contribution in [1.82, 2.24) is 17.3 Å². The standard InChI is InChI=1S/C15H37BN4SSi/c1-12(2)17(13(3)4)16(18(14(5)6)15(7)8)19-20(21-19)22(9,10)11/h12-15H,1-11H3. The van der Waals surface area contributed by atoms with Crippen molar-refractivity contribution in [2.75, 3.05) is 0 Å². The van der Waals surface area contributed by atoms with Gasteiger partial charge in [0, 0.05) is 11.7 Å². The second-order valence-corrected chi connectivity index (χ2v) is 14.4. The highest BCUT2D eigenvalue weighted by Crippen LogP contribution is 2.26. The Morgan fingerprint density at radius 2 is 1.05 bits per heavy atom. The van der Waals surface area contributed by atoms with Gasteiger partial charge in [-0.1, -0.05) is 55.4 Å². The van der Waals surface area contributed by atoms with Crippen molar-refractivity contribution in [2.45, 2.75) is 99.2 Å². The highest BCUT2D eigenvalue weighted by atomic mass is 32.1. The number of hydrogen-bond acceptors (Lipinski definition) is 3. The molecule has 0 aliphatic rings. The average molecular weight is 344 g/mol. The highest BCUT2D eigenvalue weighted by molar-refractivity contribution is 7.15. The van der Waals surface area contributed by atoms with Crippen molar-refractivity contribution in [2.24, 2.45) is 0 Å². The molecule has 22 heavy (non-hydrogen) atoms. The van der Waals surface area contributed by atoms with Crippen LogP contribution in [-0.2, 0) is 0 Å². The Balaban J connectivity index is 3.29. The van der Waals surface area contributed by atoms with E-state index in [1.807, 2.05) is 11.7 Å². The van der Waals surface area contributed by atoms with Gasteiger partial charge in [0.15, 0.2) is 8.24 Å². The van der Waals surface area contributed by atoms with Gasteiger partial charge >= 0.3 is 7.12 Å². The molecule has 0 bridgehead atoms. The molecule has 0 radical (unpaired) electrons. The molecule has 7 heteroatoms. The zero-order valence-electron chi connectivity index (χ0n) is 16.6. The van der Waals surface area contributed by atoms with Gasteiger partial charge in [0.2, 0.25) is 0 Å². The van der Waals surface area contributed by atoms with Crippen molar-refractivity contribution in [3.8, 4) is 0 Å². The Bertz CT molecular complexity index is 406. The van der Waals surface area contributed by atoms with E-state index in [1.165, 1.54) is 0 Å². The van der Waals surface area contributed by atoms with E-state index in [0.29, 0.717) is 31.3 Å². The SMILES string of the molecule is CC(C)N(B(N(C(C)C)C(C)C)n1sn1[Si](C)(C)C)C(C)C. The Labute approximate surface area is 144 Å². The third kappa shape index (κ3) is 4.52. The van der Waals surface area contributed by atoms with Crippen LogP contribution in [0.4, 0.5) is 0 Å². The fourth-order valence-corrected chi connectivity index (χ4v) is 6.43. The Morgan fingerprint density at radius 3 is 1.23 bits per heavy atom. The third-order valence-electron chi connectivity index (χ3n) is 4.01. The first-order valence-corrected chi connectivity index (χ1v) is 12.9. The largest absolute Gasteiger partial charge is 0.470 e. The van der Waals surface area contributed by atoms with Crippen LogP contribution in [0, 0.1) is 0 Å². The molecule has 0 N–H and O–H groups in total. The summed E-state index contributed by atoms with van der Waals surface area (Å²) in [6.45, 7) is 25.8. The predicted molar refractivity (Wildman–Crippen MR) is 104 cm³/mol. The van der Waals surface area contributed by atoms with Gasteiger partial charge in [0.1, 0.15) is 0 Å². The molecule has 1 aromatic rings. The smallest absolute Gasteiger partial charge is 0.302 e. The molecule has 0 fully saturated rings. The van der Waals surface area contributed by atoms with Crippen LogP contribution < -0.4 is 0 Å². The van der Waals surface area contributed by atoms with E-state index < -0.39 is 8.24 Å². The van der Waals surface area contributed by atoms with E-state index in [4.69, 9.17) is 0 Å². The van der Waals surface area contributed by atoms with E-state index in [0.717, 1.165) is 0 Å². The first-order chi connectivity index (χ1) is 9.89. The fraction of sp³-hybridized carbons (Fsp3) is 1.00.